The second kappa shape index (κ2) is 3.15. The van der Waals surface area contributed by atoms with Gasteiger partial charge in [-0.3, -0.25) is 0 Å². The maximum absolute atomic E-state index is 8.54. The lowest BCUT2D eigenvalue weighted by Gasteiger charge is -2.14. The van der Waals surface area contributed by atoms with E-state index in [9.17, 15) is 0 Å². The number of hydrogen-bond donors (Lipinski definition) is 2. The van der Waals surface area contributed by atoms with E-state index in [4.69, 9.17) is 9.94 Å². The first-order valence-electron chi connectivity index (χ1n) is 3.31. The van der Waals surface area contributed by atoms with E-state index in [1.807, 2.05) is 0 Å². The first-order valence-corrected chi connectivity index (χ1v) is 3.31. The second-order valence-corrected chi connectivity index (χ2v) is 2.44. The molecular formula is C6H13NO2. The molecular weight excluding hydrogens is 118 g/mol. The van der Waals surface area contributed by atoms with Gasteiger partial charge in [0.1, 0.15) is 0 Å². The van der Waals surface area contributed by atoms with E-state index < -0.39 is 0 Å². The fourth-order valence-corrected chi connectivity index (χ4v) is 1.36. The summed E-state index contributed by atoms with van der Waals surface area (Å²) in [6.07, 6.45) is 3.45. The van der Waals surface area contributed by atoms with Crippen LogP contribution in [0.2, 0.25) is 0 Å². The topological polar surface area (TPSA) is 41.5 Å². The molecule has 1 rings (SSSR count). The van der Waals surface area contributed by atoms with Gasteiger partial charge in [0.15, 0.2) is 0 Å². The Labute approximate surface area is 55.0 Å². The Bertz CT molecular complexity index is 77.1. The van der Waals surface area contributed by atoms with E-state index in [-0.39, 0.29) is 12.1 Å². The maximum Gasteiger partial charge on any atom is 0.0747 e. The quantitative estimate of drug-likeness (QED) is 0.537. The summed E-state index contributed by atoms with van der Waals surface area (Å²) in [6.45, 7) is 0. The van der Waals surface area contributed by atoms with Crippen LogP contribution in [-0.4, -0.2) is 24.5 Å². The lowest BCUT2D eigenvalue weighted by Crippen LogP contribution is -2.34. The Hall–Kier alpha value is -0.120. The van der Waals surface area contributed by atoms with Crippen LogP contribution < -0.4 is 5.48 Å². The minimum absolute atomic E-state index is 0.162. The van der Waals surface area contributed by atoms with E-state index >= 15 is 0 Å². The smallest absolute Gasteiger partial charge is 0.0747 e. The molecule has 2 N–H and O–H groups in total. The molecule has 0 radical (unpaired) electrons. The van der Waals surface area contributed by atoms with Gasteiger partial charge in [0.2, 0.25) is 0 Å². The van der Waals surface area contributed by atoms with Gasteiger partial charge >= 0.3 is 0 Å². The number of hydroxylamine groups is 1. The Balaban J connectivity index is 2.32. The Morgan fingerprint density at radius 1 is 1.56 bits per heavy atom. The minimum atomic E-state index is 0.162. The van der Waals surface area contributed by atoms with Crippen molar-refractivity contribution >= 4 is 0 Å². The SMILES string of the molecule is COC1CCCC1NO. The molecule has 0 heterocycles. The van der Waals surface area contributed by atoms with E-state index in [1.165, 1.54) is 0 Å². The molecule has 1 aliphatic rings. The summed E-state index contributed by atoms with van der Waals surface area (Å²) in [5.41, 5.74) is 2.24. The van der Waals surface area contributed by atoms with E-state index in [0.717, 1.165) is 19.3 Å². The average Bonchev–Trinajstić information content (AvgIpc) is 2.33. The Morgan fingerprint density at radius 3 is 2.78 bits per heavy atom. The van der Waals surface area contributed by atoms with Crippen molar-refractivity contribution < 1.29 is 9.94 Å². The summed E-state index contributed by atoms with van der Waals surface area (Å²) in [6, 6.07) is 0.162. The molecule has 2 atom stereocenters. The van der Waals surface area contributed by atoms with Crippen LogP contribution in [0.4, 0.5) is 0 Å². The molecule has 1 fully saturated rings. The van der Waals surface area contributed by atoms with Crippen molar-refractivity contribution in [3.05, 3.63) is 0 Å². The van der Waals surface area contributed by atoms with E-state index in [0.29, 0.717) is 0 Å². The number of methoxy groups -OCH3 is 1. The molecule has 1 aliphatic carbocycles. The van der Waals surface area contributed by atoms with Gasteiger partial charge in [-0.1, -0.05) is 0 Å². The van der Waals surface area contributed by atoms with E-state index in [1.54, 1.807) is 7.11 Å². The van der Waals surface area contributed by atoms with Gasteiger partial charge in [-0.05, 0) is 19.3 Å². The first-order chi connectivity index (χ1) is 4.38. The number of ether oxygens (including phenoxy) is 1. The fraction of sp³-hybridized carbons (Fsp3) is 1.00. The lowest BCUT2D eigenvalue weighted by atomic mass is 10.2. The summed E-state index contributed by atoms with van der Waals surface area (Å²) in [5.74, 6) is 0. The second-order valence-electron chi connectivity index (χ2n) is 2.44. The predicted molar refractivity (Wildman–Crippen MR) is 33.4 cm³/mol. The fourth-order valence-electron chi connectivity index (χ4n) is 1.36. The van der Waals surface area contributed by atoms with Gasteiger partial charge in [0, 0.05) is 7.11 Å². The number of nitrogens with one attached hydrogen (secondary N) is 1. The van der Waals surface area contributed by atoms with Crippen LogP contribution >= 0.6 is 0 Å². The maximum atomic E-state index is 8.54. The van der Waals surface area contributed by atoms with E-state index in [2.05, 4.69) is 5.48 Å². The zero-order valence-corrected chi connectivity index (χ0v) is 5.63. The molecule has 0 saturated heterocycles. The number of hydrogen-bond acceptors (Lipinski definition) is 3. The highest BCUT2D eigenvalue weighted by Crippen LogP contribution is 2.20. The van der Waals surface area contributed by atoms with Gasteiger partial charge in [0.25, 0.3) is 0 Å². The van der Waals surface area contributed by atoms with Gasteiger partial charge in [-0.25, -0.2) is 0 Å². The predicted octanol–water partition coefficient (Wildman–Crippen LogP) is 0.533. The third-order valence-electron chi connectivity index (χ3n) is 1.92. The van der Waals surface area contributed by atoms with Gasteiger partial charge in [0.05, 0.1) is 12.1 Å². The molecule has 54 valence electrons. The molecule has 3 nitrogen and oxygen atoms in total. The van der Waals surface area contributed by atoms with Crippen molar-refractivity contribution in [2.24, 2.45) is 0 Å². The Kier molecular flexibility index (Phi) is 2.45. The normalized spacial score (nSPS) is 35.3. The van der Waals surface area contributed by atoms with Gasteiger partial charge in [-0.2, -0.15) is 5.48 Å². The minimum Gasteiger partial charge on any atom is -0.380 e. The van der Waals surface area contributed by atoms with Crippen molar-refractivity contribution in [2.75, 3.05) is 7.11 Å². The van der Waals surface area contributed by atoms with Gasteiger partial charge in [-0.15, -0.1) is 0 Å². The summed E-state index contributed by atoms with van der Waals surface area (Å²) in [4.78, 5) is 0. The molecule has 3 heteroatoms. The summed E-state index contributed by atoms with van der Waals surface area (Å²) >= 11 is 0. The molecule has 1 saturated carbocycles. The van der Waals surface area contributed by atoms with Crippen LogP contribution in [0.15, 0.2) is 0 Å². The molecule has 0 bridgehead atoms. The van der Waals surface area contributed by atoms with Crippen molar-refractivity contribution in [1.29, 1.82) is 0 Å². The van der Waals surface area contributed by atoms with Crippen molar-refractivity contribution in [1.82, 2.24) is 5.48 Å². The van der Waals surface area contributed by atoms with Crippen LogP contribution in [-0.2, 0) is 4.74 Å². The molecule has 2 unspecified atom stereocenters. The zero-order chi connectivity index (χ0) is 6.69. The molecule has 0 spiro atoms. The molecule has 0 aromatic heterocycles. The molecule has 0 aliphatic heterocycles. The third-order valence-corrected chi connectivity index (χ3v) is 1.92. The molecule has 0 aromatic rings. The third kappa shape index (κ3) is 1.41. The summed E-state index contributed by atoms with van der Waals surface area (Å²) in [7, 11) is 1.68. The van der Waals surface area contributed by atoms with Crippen LogP contribution in [0.25, 0.3) is 0 Å². The molecule has 0 amide bonds. The summed E-state index contributed by atoms with van der Waals surface area (Å²) < 4.78 is 5.09. The largest absolute Gasteiger partial charge is 0.380 e. The highest BCUT2D eigenvalue weighted by atomic mass is 16.5. The summed E-state index contributed by atoms with van der Waals surface area (Å²) in [5, 5.41) is 8.54. The number of rotatable bonds is 2. The van der Waals surface area contributed by atoms with Crippen molar-refractivity contribution in [3.8, 4) is 0 Å². The Morgan fingerprint density at radius 2 is 2.33 bits per heavy atom. The first kappa shape index (κ1) is 6.99. The van der Waals surface area contributed by atoms with Crippen molar-refractivity contribution in [3.63, 3.8) is 0 Å². The van der Waals surface area contributed by atoms with Gasteiger partial charge < -0.3 is 9.94 Å². The van der Waals surface area contributed by atoms with Crippen LogP contribution in [0, 0.1) is 0 Å². The highest BCUT2D eigenvalue weighted by molar-refractivity contribution is 4.80. The van der Waals surface area contributed by atoms with Crippen LogP contribution in [0.5, 0.6) is 0 Å². The van der Waals surface area contributed by atoms with Crippen molar-refractivity contribution in [2.45, 2.75) is 31.4 Å². The average molecular weight is 131 g/mol. The highest BCUT2D eigenvalue weighted by Gasteiger charge is 2.25. The molecule has 0 aromatic carbocycles. The monoisotopic (exact) mass is 131 g/mol. The lowest BCUT2D eigenvalue weighted by molar-refractivity contribution is 0.0281. The zero-order valence-electron chi connectivity index (χ0n) is 5.63. The van der Waals surface area contributed by atoms with Crippen LogP contribution in [0.3, 0.4) is 0 Å². The molecule has 9 heavy (non-hydrogen) atoms. The van der Waals surface area contributed by atoms with Crippen LogP contribution in [0.1, 0.15) is 19.3 Å². The standard InChI is InChI=1S/C6H13NO2/c1-9-6-4-2-3-5(6)7-8/h5-8H,2-4H2,1H3.